The van der Waals surface area contributed by atoms with Crippen molar-refractivity contribution in [1.29, 1.82) is 0 Å². The number of ether oxygens (including phenoxy) is 2. The largest absolute Gasteiger partial charge is 0.480 e. The van der Waals surface area contributed by atoms with E-state index in [0.29, 0.717) is 12.2 Å². The number of aliphatic carboxylic acids is 1. The molecular formula is C13H14ClNO8. The summed E-state index contributed by atoms with van der Waals surface area (Å²) in [5.74, 6) is -3.54. The summed E-state index contributed by atoms with van der Waals surface area (Å²) in [6.07, 6.45) is 2.32. The van der Waals surface area contributed by atoms with Crippen LogP contribution < -0.4 is 0 Å². The van der Waals surface area contributed by atoms with Crippen molar-refractivity contribution in [2.45, 2.75) is 6.92 Å². The molecule has 0 saturated carbocycles. The fourth-order valence-corrected chi connectivity index (χ4v) is 0.993. The summed E-state index contributed by atoms with van der Waals surface area (Å²) >= 11 is 5.38. The van der Waals surface area contributed by atoms with Gasteiger partial charge in [0, 0.05) is 17.2 Å². The molecule has 0 aliphatic rings. The van der Waals surface area contributed by atoms with E-state index in [-0.39, 0.29) is 16.7 Å². The molecule has 126 valence electrons. The number of hydrogen-bond acceptors (Lipinski definition) is 7. The summed E-state index contributed by atoms with van der Waals surface area (Å²) in [5, 5.41) is 8.94. The molecule has 0 aromatic heterocycles. The lowest BCUT2D eigenvalue weighted by molar-refractivity contribution is -0.179. The SMILES string of the molecule is C=C(Cl)C=COC(=O)/C=C\C(=O)ON(CC(=O)O)C(=O)OCC. The molecule has 0 unspecified atom stereocenters. The van der Waals surface area contributed by atoms with Crippen LogP contribution in [0.15, 0.2) is 36.1 Å². The maximum absolute atomic E-state index is 11.4. The molecular weight excluding hydrogens is 334 g/mol. The monoisotopic (exact) mass is 347 g/mol. The Hall–Kier alpha value is -2.81. The summed E-state index contributed by atoms with van der Waals surface area (Å²) in [6.45, 7) is 3.82. The highest BCUT2D eigenvalue weighted by Gasteiger charge is 2.22. The van der Waals surface area contributed by atoms with Gasteiger partial charge >= 0.3 is 24.0 Å². The maximum Gasteiger partial charge on any atom is 0.443 e. The number of halogens is 1. The van der Waals surface area contributed by atoms with Gasteiger partial charge < -0.3 is 19.4 Å². The van der Waals surface area contributed by atoms with Crippen molar-refractivity contribution in [1.82, 2.24) is 5.06 Å². The molecule has 0 aliphatic carbocycles. The Morgan fingerprint density at radius 2 is 1.78 bits per heavy atom. The maximum atomic E-state index is 11.4. The number of amides is 1. The second-order valence-corrected chi connectivity index (χ2v) is 4.04. The molecule has 0 radical (unpaired) electrons. The normalized spacial score (nSPS) is 10.3. The lowest BCUT2D eigenvalue weighted by Gasteiger charge is -2.17. The van der Waals surface area contributed by atoms with Crippen LogP contribution in [0.5, 0.6) is 0 Å². The minimum Gasteiger partial charge on any atom is -0.480 e. The van der Waals surface area contributed by atoms with E-state index in [1.54, 1.807) is 0 Å². The number of esters is 1. The van der Waals surface area contributed by atoms with E-state index in [1.165, 1.54) is 13.0 Å². The molecule has 0 aromatic rings. The predicted molar refractivity (Wildman–Crippen MR) is 76.8 cm³/mol. The number of carboxylic acids is 1. The third kappa shape index (κ3) is 10.5. The van der Waals surface area contributed by atoms with Crippen LogP contribution in [0.2, 0.25) is 0 Å². The van der Waals surface area contributed by atoms with Gasteiger partial charge in [-0.25, -0.2) is 14.4 Å². The van der Waals surface area contributed by atoms with Gasteiger partial charge in [-0.05, 0) is 13.0 Å². The highest BCUT2D eigenvalue weighted by atomic mass is 35.5. The lowest BCUT2D eigenvalue weighted by Crippen LogP contribution is -2.37. The average molecular weight is 348 g/mol. The molecule has 10 heteroatoms. The summed E-state index contributed by atoms with van der Waals surface area (Å²) < 4.78 is 9.01. The summed E-state index contributed by atoms with van der Waals surface area (Å²) in [5.41, 5.74) is 0. The van der Waals surface area contributed by atoms with Crippen LogP contribution in [0.25, 0.3) is 0 Å². The van der Waals surface area contributed by atoms with Gasteiger partial charge in [-0.2, -0.15) is 0 Å². The number of hydroxylamine groups is 2. The Bertz CT molecular complexity index is 540. The molecule has 0 heterocycles. The molecule has 0 aromatic carbocycles. The van der Waals surface area contributed by atoms with Gasteiger partial charge in [0.05, 0.1) is 12.9 Å². The Kier molecular flexibility index (Phi) is 9.53. The zero-order chi connectivity index (χ0) is 17.8. The first-order chi connectivity index (χ1) is 10.8. The summed E-state index contributed by atoms with van der Waals surface area (Å²) in [7, 11) is 0. The van der Waals surface area contributed by atoms with Crippen LogP contribution in [0.1, 0.15) is 6.92 Å². The van der Waals surface area contributed by atoms with Crippen molar-refractivity contribution in [3.63, 3.8) is 0 Å². The van der Waals surface area contributed by atoms with E-state index >= 15 is 0 Å². The molecule has 23 heavy (non-hydrogen) atoms. The van der Waals surface area contributed by atoms with Crippen molar-refractivity contribution in [3.05, 3.63) is 36.1 Å². The average Bonchev–Trinajstić information content (AvgIpc) is 2.43. The fourth-order valence-electron chi connectivity index (χ4n) is 0.942. The second-order valence-electron chi connectivity index (χ2n) is 3.56. The Morgan fingerprint density at radius 3 is 2.30 bits per heavy atom. The number of carbonyl (C=O) groups is 4. The number of allylic oxidation sites excluding steroid dienone is 2. The molecule has 0 saturated heterocycles. The number of carboxylic acid groups (broad SMARTS) is 1. The van der Waals surface area contributed by atoms with Crippen LogP contribution in [0.4, 0.5) is 4.79 Å². The van der Waals surface area contributed by atoms with Gasteiger partial charge in [0.2, 0.25) is 0 Å². The number of nitrogens with zero attached hydrogens (tertiary/aromatic N) is 1. The van der Waals surface area contributed by atoms with Crippen molar-refractivity contribution in [3.8, 4) is 0 Å². The lowest BCUT2D eigenvalue weighted by atomic mass is 10.5. The first kappa shape index (κ1) is 20.2. The van der Waals surface area contributed by atoms with Crippen LogP contribution in [0.3, 0.4) is 0 Å². The van der Waals surface area contributed by atoms with Crippen molar-refractivity contribution in [2.75, 3.05) is 13.2 Å². The van der Waals surface area contributed by atoms with E-state index in [4.69, 9.17) is 16.7 Å². The highest BCUT2D eigenvalue weighted by Crippen LogP contribution is 2.00. The predicted octanol–water partition coefficient (Wildman–Crippen LogP) is 1.35. The van der Waals surface area contributed by atoms with Crippen molar-refractivity contribution in [2.24, 2.45) is 0 Å². The molecule has 0 aliphatic heterocycles. The smallest absolute Gasteiger partial charge is 0.443 e. The van der Waals surface area contributed by atoms with E-state index in [1.807, 2.05) is 0 Å². The molecule has 0 rings (SSSR count). The van der Waals surface area contributed by atoms with Gasteiger partial charge in [0.15, 0.2) is 6.54 Å². The first-order valence-corrected chi connectivity index (χ1v) is 6.41. The van der Waals surface area contributed by atoms with E-state index in [0.717, 1.165) is 6.26 Å². The quantitative estimate of drug-likeness (QED) is 0.241. The Morgan fingerprint density at radius 1 is 1.17 bits per heavy atom. The van der Waals surface area contributed by atoms with Gasteiger partial charge in [0.1, 0.15) is 0 Å². The van der Waals surface area contributed by atoms with Gasteiger partial charge in [-0.1, -0.05) is 18.2 Å². The van der Waals surface area contributed by atoms with Crippen molar-refractivity contribution < 1.29 is 38.6 Å². The van der Waals surface area contributed by atoms with Crippen LogP contribution >= 0.6 is 11.6 Å². The molecule has 1 N–H and O–H groups in total. The summed E-state index contributed by atoms with van der Waals surface area (Å²) in [4.78, 5) is 49.0. The van der Waals surface area contributed by atoms with E-state index < -0.39 is 30.5 Å². The standard InChI is InChI=1S/C13H14ClNO8/c1-3-21-13(20)15(8-10(16)17)23-12(19)5-4-11(18)22-7-6-9(2)14/h4-7H,2-3,8H2,1H3,(H,16,17)/b5-4-,7-6?. The molecule has 0 fully saturated rings. The molecule has 0 spiro atoms. The third-order valence-corrected chi connectivity index (χ3v) is 1.87. The van der Waals surface area contributed by atoms with Gasteiger partial charge in [0.25, 0.3) is 0 Å². The zero-order valence-corrected chi connectivity index (χ0v) is 12.8. The van der Waals surface area contributed by atoms with Gasteiger partial charge in [-0.3, -0.25) is 4.79 Å². The topological polar surface area (TPSA) is 119 Å². The number of rotatable bonds is 7. The number of hydrogen-bond donors (Lipinski definition) is 1. The van der Waals surface area contributed by atoms with E-state index in [2.05, 4.69) is 20.9 Å². The number of carbonyl (C=O) groups excluding carboxylic acids is 3. The minimum absolute atomic E-state index is 0.0487. The van der Waals surface area contributed by atoms with Crippen LogP contribution in [-0.2, 0) is 28.7 Å². The third-order valence-electron chi connectivity index (χ3n) is 1.74. The van der Waals surface area contributed by atoms with Crippen LogP contribution in [-0.4, -0.2) is 47.3 Å². The van der Waals surface area contributed by atoms with E-state index in [9.17, 15) is 19.2 Å². The first-order valence-electron chi connectivity index (χ1n) is 6.04. The molecule has 9 nitrogen and oxygen atoms in total. The molecule has 1 amide bonds. The van der Waals surface area contributed by atoms with Crippen LogP contribution in [0, 0.1) is 0 Å². The molecule has 0 bridgehead atoms. The Labute approximate surface area is 136 Å². The molecule has 0 atom stereocenters. The minimum atomic E-state index is -1.43. The van der Waals surface area contributed by atoms with Gasteiger partial charge in [-0.15, -0.1) is 5.06 Å². The zero-order valence-electron chi connectivity index (χ0n) is 12.1. The fraction of sp³-hybridized carbons (Fsp3) is 0.231. The second kappa shape index (κ2) is 10.9. The highest BCUT2D eigenvalue weighted by molar-refractivity contribution is 6.30. The Balaban J connectivity index is 4.58. The van der Waals surface area contributed by atoms with Crippen molar-refractivity contribution >= 4 is 35.6 Å². The summed E-state index contributed by atoms with van der Waals surface area (Å²) in [6, 6.07) is 0.